The van der Waals surface area contributed by atoms with E-state index in [4.69, 9.17) is 4.74 Å². The molecule has 1 aromatic rings. The normalized spacial score (nSPS) is 21.0. The van der Waals surface area contributed by atoms with E-state index in [-0.39, 0.29) is 30.4 Å². The molecule has 3 N–H and O–H groups in total. The van der Waals surface area contributed by atoms with Gasteiger partial charge in [-0.05, 0) is 33.1 Å². The number of carbonyl (C=O) groups is 2. The summed E-state index contributed by atoms with van der Waals surface area (Å²) in [6.45, 7) is 4.51. The molecule has 2 amide bonds. The van der Waals surface area contributed by atoms with Gasteiger partial charge in [-0.15, -0.1) is 0 Å². The van der Waals surface area contributed by atoms with Crippen molar-refractivity contribution in [3.05, 3.63) is 17.0 Å². The van der Waals surface area contributed by atoms with E-state index in [2.05, 4.69) is 15.7 Å². The fourth-order valence-corrected chi connectivity index (χ4v) is 3.53. The van der Waals surface area contributed by atoms with Gasteiger partial charge in [-0.3, -0.25) is 14.3 Å². The number of hydrogen-bond acceptors (Lipinski definition) is 5. The maximum Gasteiger partial charge on any atom is 0.270 e. The van der Waals surface area contributed by atoms with Gasteiger partial charge in [0.1, 0.15) is 5.69 Å². The van der Waals surface area contributed by atoms with Gasteiger partial charge >= 0.3 is 0 Å². The average Bonchev–Trinajstić information content (AvgIpc) is 2.85. The Kier molecular flexibility index (Phi) is 5.34. The summed E-state index contributed by atoms with van der Waals surface area (Å²) in [4.78, 5) is 24.5. The molecule has 2 heterocycles. The van der Waals surface area contributed by atoms with Crippen LogP contribution in [-0.4, -0.2) is 51.0 Å². The third-order valence-electron chi connectivity index (χ3n) is 5.05. The lowest BCUT2D eigenvalue weighted by atomic mass is 9.78. The molecule has 8 nitrogen and oxygen atoms in total. The molecule has 3 rings (SSSR count). The Morgan fingerprint density at radius 2 is 2.15 bits per heavy atom. The molecule has 1 aliphatic carbocycles. The fraction of sp³-hybridized carbons (Fsp3) is 0.722. The summed E-state index contributed by atoms with van der Waals surface area (Å²) in [6.07, 6.45) is 2.80. The van der Waals surface area contributed by atoms with Crippen molar-refractivity contribution in [2.24, 2.45) is 7.05 Å². The Bertz CT molecular complexity index is 694. The first-order chi connectivity index (χ1) is 12.3. The lowest BCUT2D eigenvalue weighted by Gasteiger charge is -2.36. The van der Waals surface area contributed by atoms with Gasteiger partial charge in [0.15, 0.2) is 0 Å². The van der Waals surface area contributed by atoms with Crippen LogP contribution in [0.3, 0.4) is 0 Å². The highest BCUT2D eigenvalue weighted by Gasteiger charge is 2.36. The number of amides is 2. The Labute approximate surface area is 153 Å². The second-order valence-electron chi connectivity index (χ2n) is 7.72. The SMILES string of the molecule is CC(C)NC(=O)c1c2c(nn1C)COC(CNC(=O)CC1(O)CCC1)C2. The highest BCUT2D eigenvalue weighted by molar-refractivity contribution is 5.94. The van der Waals surface area contributed by atoms with Crippen LogP contribution in [0.2, 0.25) is 0 Å². The number of carbonyl (C=O) groups excluding carboxylic acids is 2. The Hall–Kier alpha value is -1.93. The summed E-state index contributed by atoms with van der Waals surface area (Å²) in [5, 5.41) is 20.2. The number of fused-ring (bicyclic) bond motifs is 1. The Morgan fingerprint density at radius 1 is 1.42 bits per heavy atom. The van der Waals surface area contributed by atoms with Crippen molar-refractivity contribution in [2.45, 2.75) is 70.3 Å². The fourth-order valence-electron chi connectivity index (χ4n) is 3.53. The molecule has 1 atom stereocenters. The van der Waals surface area contributed by atoms with Crippen molar-refractivity contribution >= 4 is 11.8 Å². The summed E-state index contributed by atoms with van der Waals surface area (Å²) < 4.78 is 7.37. The topological polar surface area (TPSA) is 105 Å². The Morgan fingerprint density at radius 3 is 2.77 bits per heavy atom. The highest BCUT2D eigenvalue weighted by Crippen LogP contribution is 2.34. The van der Waals surface area contributed by atoms with E-state index in [1.54, 1.807) is 11.7 Å². The minimum Gasteiger partial charge on any atom is -0.389 e. The van der Waals surface area contributed by atoms with Crippen LogP contribution < -0.4 is 10.6 Å². The summed E-state index contributed by atoms with van der Waals surface area (Å²) >= 11 is 0. The number of aromatic nitrogens is 2. The molecule has 8 heteroatoms. The van der Waals surface area contributed by atoms with E-state index in [9.17, 15) is 14.7 Å². The van der Waals surface area contributed by atoms with Gasteiger partial charge in [0.05, 0.1) is 30.4 Å². The third kappa shape index (κ3) is 4.07. The van der Waals surface area contributed by atoms with Gasteiger partial charge < -0.3 is 20.5 Å². The predicted octanol–water partition coefficient (Wildman–Crippen LogP) is 0.421. The lowest BCUT2D eigenvalue weighted by molar-refractivity contribution is -0.130. The Balaban J connectivity index is 1.60. The van der Waals surface area contributed by atoms with E-state index in [1.165, 1.54) is 0 Å². The third-order valence-corrected chi connectivity index (χ3v) is 5.05. The van der Waals surface area contributed by atoms with E-state index in [1.807, 2.05) is 13.8 Å². The maximum atomic E-state index is 12.5. The van der Waals surface area contributed by atoms with Crippen molar-refractivity contribution in [3.8, 4) is 0 Å². The van der Waals surface area contributed by atoms with Crippen molar-refractivity contribution in [1.29, 1.82) is 0 Å². The van der Waals surface area contributed by atoms with Crippen molar-refractivity contribution in [3.63, 3.8) is 0 Å². The molecule has 0 spiro atoms. The number of rotatable bonds is 6. The zero-order chi connectivity index (χ0) is 18.9. The van der Waals surface area contributed by atoms with Crippen molar-refractivity contribution in [1.82, 2.24) is 20.4 Å². The van der Waals surface area contributed by atoms with Crippen molar-refractivity contribution < 1.29 is 19.4 Å². The number of hydrogen-bond donors (Lipinski definition) is 3. The standard InChI is InChI=1S/C18H28N4O4/c1-11(2)20-17(24)16-13-7-12(26-10-14(13)21-22(16)3)9-19-15(23)8-18(25)5-4-6-18/h11-12,25H,4-10H2,1-3H3,(H,19,23)(H,20,24). The first kappa shape index (κ1) is 18.8. The molecule has 0 aromatic carbocycles. The van der Waals surface area contributed by atoms with Crippen LogP contribution in [0.5, 0.6) is 0 Å². The van der Waals surface area contributed by atoms with Gasteiger partial charge in [0, 0.05) is 31.6 Å². The van der Waals surface area contributed by atoms with Gasteiger partial charge in [-0.1, -0.05) is 0 Å². The number of nitrogens with zero attached hydrogens (tertiary/aromatic N) is 2. The molecule has 0 radical (unpaired) electrons. The molecule has 1 fully saturated rings. The second-order valence-corrected chi connectivity index (χ2v) is 7.72. The van der Waals surface area contributed by atoms with Crippen LogP contribution in [0.4, 0.5) is 0 Å². The minimum atomic E-state index is -0.823. The second kappa shape index (κ2) is 7.36. The molecule has 26 heavy (non-hydrogen) atoms. The highest BCUT2D eigenvalue weighted by atomic mass is 16.5. The first-order valence-corrected chi connectivity index (χ1v) is 9.24. The van der Waals surface area contributed by atoms with Crippen LogP contribution in [0, 0.1) is 0 Å². The summed E-state index contributed by atoms with van der Waals surface area (Å²) in [6, 6.07) is 0.0419. The zero-order valence-corrected chi connectivity index (χ0v) is 15.7. The molecule has 0 bridgehead atoms. The smallest absolute Gasteiger partial charge is 0.270 e. The number of nitrogens with one attached hydrogen (secondary N) is 2. The average molecular weight is 364 g/mol. The number of aryl methyl sites for hydroxylation is 1. The monoisotopic (exact) mass is 364 g/mol. The molecule has 1 saturated carbocycles. The van der Waals surface area contributed by atoms with Gasteiger partial charge in [0.25, 0.3) is 5.91 Å². The predicted molar refractivity (Wildman–Crippen MR) is 94.5 cm³/mol. The largest absolute Gasteiger partial charge is 0.389 e. The van der Waals surface area contributed by atoms with Crippen LogP contribution in [0.25, 0.3) is 0 Å². The zero-order valence-electron chi connectivity index (χ0n) is 15.7. The molecule has 1 aliphatic heterocycles. The van der Waals surface area contributed by atoms with E-state index < -0.39 is 5.60 Å². The summed E-state index contributed by atoms with van der Waals surface area (Å²) in [5.74, 6) is -0.307. The minimum absolute atomic E-state index is 0.0419. The van der Waals surface area contributed by atoms with Gasteiger partial charge in [0.2, 0.25) is 5.91 Å². The molecule has 144 valence electrons. The van der Waals surface area contributed by atoms with Crippen LogP contribution in [0.1, 0.15) is 61.3 Å². The molecular weight excluding hydrogens is 336 g/mol. The first-order valence-electron chi connectivity index (χ1n) is 9.24. The van der Waals surface area contributed by atoms with Gasteiger partial charge in [-0.2, -0.15) is 5.10 Å². The van der Waals surface area contributed by atoms with Crippen molar-refractivity contribution in [2.75, 3.05) is 6.54 Å². The number of aliphatic hydroxyl groups is 1. The quantitative estimate of drug-likeness (QED) is 0.678. The van der Waals surface area contributed by atoms with E-state index in [0.29, 0.717) is 38.1 Å². The van der Waals surface area contributed by atoms with Gasteiger partial charge in [-0.25, -0.2) is 0 Å². The number of ether oxygens (including phenoxy) is 1. The molecule has 1 unspecified atom stereocenters. The lowest BCUT2D eigenvalue weighted by Crippen LogP contribution is -2.44. The molecule has 1 aromatic heterocycles. The van der Waals surface area contributed by atoms with E-state index in [0.717, 1.165) is 17.7 Å². The molecular formula is C18H28N4O4. The molecule has 2 aliphatic rings. The maximum absolute atomic E-state index is 12.5. The summed E-state index contributed by atoms with van der Waals surface area (Å²) in [5.41, 5.74) is 1.38. The molecule has 0 saturated heterocycles. The van der Waals surface area contributed by atoms with E-state index >= 15 is 0 Å². The van der Waals surface area contributed by atoms with Crippen LogP contribution in [-0.2, 0) is 29.6 Å². The summed E-state index contributed by atoms with van der Waals surface area (Å²) in [7, 11) is 1.75. The van der Waals surface area contributed by atoms with Crippen LogP contribution >= 0.6 is 0 Å². The van der Waals surface area contributed by atoms with Crippen LogP contribution in [0.15, 0.2) is 0 Å².